The molecule has 9 heteroatoms. The highest BCUT2D eigenvalue weighted by molar-refractivity contribution is 7.93. The number of methoxy groups -OCH3 is 1. The van der Waals surface area contributed by atoms with Crippen LogP contribution in [0.4, 0.5) is 0 Å². The molecule has 7 nitrogen and oxygen atoms in total. The largest absolute Gasteiger partial charge is 0.480 e. The van der Waals surface area contributed by atoms with Crippen molar-refractivity contribution in [1.29, 1.82) is 0 Å². The number of aliphatic carboxylic acids is 1. The molecule has 1 amide bonds. The Morgan fingerprint density at radius 1 is 1.19 bits per heavy atom. The van der Waals surface area contributed by atoms with Gasteiger partial charge in [-0.3, -0.25) is 4.79 Å². The van der Waals surface area contributed by atoms with Crippen molar-refractivity contribution < 1.29 is 27.9 Å². The fourth-order valence-electron chi connectivity index (χ4n) is 2.86. The molecular weight excluding hydrogens is 378 g/mol. The molecule has 1 aliphatic heterocycles. The van der Waals surface area contributed by atoms with Gasteiger partial charge in [-0.2, -0.15) is 0 Å². The Morgan fingerprint density at radius 3 is 2.50 bits per heavy atom. The van der Waals surface area contributed by atoms with Gasteiger partial charge in [0.1, 0.15) is 10.3 Å². The third-order valence-corrected chi connectivity index (χ3v) is 7.59. The van der Waals surface area contributed by atoms with Gasteiger partial charge in [0.25, 0.3) is 5.91 Å². The first-order valence-electron chi connectivity index (χ1n) is 7.81. The first kappa shape index (κ1) is 18.6. The third kappa shape index (κ3) is 3.37. The minimum atomic E-state index is -3.71. The molecule has 1 aromatic carbocycles. The second-order valence-corrected chi connectivity index (χ2v) is 9.10. The maximum Gasteiger partial charge on any atom is 0.326 e. The van der Waals surface area contributed by atoms with E-state index in [1.54, 1.807) is 18.2 Å². The maximum absolute atomic E-state index is 12.7. The molecule has 0 bridgehead atoms. The van der Waals surface area contributed by atoms with E-state index in [1.165, 1.54) is 36.3 Å². The van der Waals surface area contributed by atoms with Crippen molar-refractivity contribution in [2.75, 3.05) is 13.7 Å². The lowest BCUT2D eigenvalue weighted by Gasteiger charge is -2.20. The molecule has 0 aliphatic carbocycles. The molecular formula is C17H17NO6S2. The highest BCUT2D eigenvalue weighted by Crippen LogP contribution is 2.30. The molecule has 1 N–H and O–H groups in total. The number of rotatable bonds is 5. The van der Waals surface area contributed by atoms with Crippen molar-refractivity contribution in [3.63, 3.8) is 0 Å². The Hall–Kier alpha value is -2.23. The molecule has 1 saturated heterocycles. The number of nitrogens with zero attached hydrogens (tertiary/aromatic N) is 1. The summed E-state index contributed by atoms with van der Waals surface area (Å²) in [5.74, 6) is -1.61. The maximum atomic E-state index is 12.7. The zero-order valence-corrected chi connectivity index (χ0v) is 15.5. The molecule has 2 aromatic rings. The quantitative estimate of drug-likeness (QED) is 0.830. The molecule has 2 unspecified atom stereocenters. The summed E-state index contributed by atoms with van der Waals surface area (Å²) in [5.41, 5.74) is 0. The van der Waals surface area contributed by atoms with Crippen molar-refractivity contribution in [3.05, 3.63) is 47.3 Å². The molecule has 3 rings (SSSR count). The van der Waals surface area contributed by atoms with E-state index in [0.29, 0.717) is 0 Å². The van der Waals surface area contributed by atoms with Crippen LogP contribution in [-0.2, 0) is 19.4 Å². The zero-order chi connectivity index (χ0) is 18.9. The van der Waals surface area contributed by atoms with Crippen molar-refractivity contribution in [2.24, 2.45) is 0 Å². The fourth-order valence-corrected chi connectivity index (χ4v) is 5.55. The number of amides is 1. The molecule has 0 radical (unpaired) electrons. The fraction of sp³-hybridized carbons (Fsp3) is 0.294. The SMILES string of the molecule is COC1CC(C(=O)O)N(C(=O)c2ccc(S(=O)(=O)c3ccccc3)s2)C1. The van der Waals surface area contributed by atoms with Crippen LogP contribution in [-0.4, -0.2) is 56.1 Å². The van der Waals surface area contributed by atoms with Crippen LogP contribution in [0.2, 0.25) is 0 Å². The van der Waals surface area contributed by atoms with Gasteiger partial charge in [0, 0.05) is 20.1 Å². The Labute approximate surface area is 154 Å². The van der Waals surface area contributed by atoms with E-state index in [1.807, 2.05) is 0 Å². The van der Waals surface area contributed by atoms with E-state index in [4.69, 9.17) is 4.74 Å². The van der Waals surface area contributed by atoms with Crippen molar-refractivity contribution >= 4 is 33.1 Å². The number of sulfone groups is 1. The average Bonchev–Trinajstić information content (AvgIpc) is 3.29. The van der Waals surface area contributed by atoms with Crippen LogP contribution in [0.15, 0.2) is 51.6 Å². The highest BCUT2D eigenvalue weighted by atomic mass is 32.2. The van der Waals surface area contributed by atoms with Crippen molar-refractivity contribution in [1.82, 2.24) is 4.90 Å². The minimum absolute atomic E-state index is 0.0430. The van der Waals surface area contributed by atoms with Gasteiger partial charge < -0.3 is 14.7 Å². The predicted octanol–water partition coefficient (Wildman–Crippen LogP) is 1.89. The number of hydrogen-bond donors (Lipinski definition) is 1. The van der Waals surface area contributed by atoms with E-state index in [9.17, 15) is 23.1 Å². The molecule has 2 heterocycles. The van der Waals surface area contributed by atoms with Crippen LogP contribution >= 0.6 is 11.3 Å². The summed E-state index contributed by atoms with van der Waals surface area (Å²) < 4.78 is 30.5. The molecule has 0 saturated carbocycles. The third-order valence-electron chi connectivity index (χ3n) is 4.25. The van der Waals surface area contributed by atoms with Gasteiger partial charge in [-0.25, -0.2) is 13.2 Å². The first-order chi connectivity index (χ1) is 12.3. The average molecular weight is 395 g/mol. The summed E-state index contributed by atoms with van der Waals surface area (Å²) in [6.45, 7) is 0.158. The number of benzene rings is 1. The smallest absolute Gasteiger partial charge is 0.326 e. The van der Waals surface area contributed by atoms with Gasteiger partial charge in [-0.15, -0.1) is 11.3 Å². The van der Waals surface area contributed by atoms with Crippen LogP contribution in [0.25, 0.3) is 0 Å². The molecule has 1 aromatic heterocycles. The molecule has 0 spiro atoms. The Balaban J connectivity index is 1.88. The van der Waals surface area contributed by atoms with Crippen LogP contribution < -0.4 is 0 Å². The lowest BCUT2D eigenvalue weighted by Crippen LogP contribution is -2.40. The van der Waals surface area contributed by atoms with Crippen molar-refractivity contribution in [3.8, 4) is 0 Å². The molecule has 138 valence electrons. The van der Waals surface area contributed by atoms with E-state index in [2.05, 4.69) is 0 Å². The topological polar surface area (TPSA) is 101 Å². The highest BCUT2D eigenvalue weighted by Gasteiger charge is 2.40. The summed E-state index contributed by atoms with van der Waals surface area (Å²) >= 11 is 0.839. The minimum Gasteiger partial charge on any atom is -0.480 e. The Bertz CT molecular complexity index is 922. The predicted molar refractivity (Wildman–Crippen MR) is 94.1 cm³/mol. The molecule has 26 heavy (non-hydrogen) atoms. The Morgan fingerprint density at radius 2 is 1.88 bits per heavy atom. The lowest BCUT2D eigenvalue weighted by atomic mass is 10.2. The second kappa shape index (κ2) is 7.18. The summed E-state index contributed by atoms with van der Waals surface area (Å²) in [7, 11) is -2.25. The zero-order valence-electron chi connectivity index (χ0n) is 13.9. The number of carbonyl (C=O) groups is 2. The van der Waals surface area contributed by atoms with Gasteiger partial charge in [0.15, 0.2) is 0 Å². The van der Waals surface area contributed by atoms with E-state index >= 15 is 0 Å². The van der Waals surface area contributed by atoms with Crippen LogP contribution in [0, 0.1) is 0 Å². The summed E-state index contributed by atoms with van der Waals surface area (Å²) in [6.07, 6.45) is -0.148. The lowest BCUT2D eigenvalue weighted by molar-refractivity contribution is -0.141. The van der Waals surface area contributed by atoms with Gasteiger partial charge in [-0.05, 0) is 24.3 Å². The van der Waals surface area contributed by atoms with Crippen LogP contribution in [0.1, 0.15) is 16.1 Å². The molecule has 1 fully saturated rings. The number of thiophene rings is 1. The Kier molecular flexibility index (Phi) is 5.12. The van der Waals surface area contributed by atoms with E-state index in [-0.39, 0.29) is 33.1 Å². The van der Waals surface area contributed by atoms with E-state index in [0.717, 1.165) is 11.3 Å². The number of carboxylic acid groups (broad SMARTS) is 1. The number of ether oxygens (including phenoxy) is 1. The second-order valence-electron chi connectivity index (χ2n) is 5.84. The van der Waals surface area contributed by atoms with Crippen molar-refractivity contribution in [2.45, 2.75) is 27.7 Å². The van der Waals surface area contributed by atoms with Gasteiger partial charge in [0.05, 0.1) is 15.9 Å². The summed E-state index contributed by atoms with van der Waals surface area (Å²) in [5, 5.41) is 9.33. The van der Waals surface area contributed by atoms with Crippen LogP contribution in [0.5, 0.6) is 0 Å². The summed E-state index contributed by atoms with van der Waals surface area (Å²) in [4.78, 5) is 25.7. The summed E-state index contributed by atoms with van der Waals surface area (Å²) in [6, 6.07) is 9.75. The number of carbonyl (C=O) groups excluding carboxylic acids is 1. The number of hydrogen-bond acceptors (Lipinski definition) is 6. The van der Waals surface area contributed by atoms with Gasteiger partial charge in [-0.1, -0.05) is 18.2 Å². The number of likely N-dealkylation sites (tertiary alicyclic amines) is 1. The molecule has 2 atom stereocenters. The standard InChI is InChI=1S/C17H17NO6S2/c1-24-11-9-13(17(20)21)18(10-11)16(19)14-7-8-15(25-14)26(22,23)12-5-3-2-4-6-12/h2-8,11,13H,9-10H2,1H3,(H,20,21). The van der Waals surface area contributed by atoms with Crippen LogP contribution in [0.3, 0.4) is 0 Å². The first-order valence-corrected chi connectivity index (χ1v) is 10.1. The molecule has 1 aliphatic rings. The van der Waals surface area contributed by atoms with Gasteiger partial charge in [0.2, 0.25) is 9.84 Å². The van der Waals surface area contributed by atoms with Gasteiger partial charge >= 0.3 is 5.97 Å². The van der Waals surface area contributed by atoms with E-state index < -0.39 is 27.8 Å². The monoisotopic (exact) mass is 395 g/mol. The number of carboxylic acids is 1. The normalized spacial score (nSPS) is 20.3.